The number of methoxy groups -OCH3 is 1. The quantitative estimate of drug-likeness (QED) is 0.907. The fraction of sp³-hybridized carbons (Fsp3) is 0.562. The van der Waals surface area contributed by atoms with Gasteiger partial charge in [-0.05, 0) is 37.9 Å². The molecule has 5 heteroatoms. The number of benzene rings is 1. The van der Waals surface area contributed by atoms with E-state index in [4.69, 9.17) is 4.74 Å². The van der Waals surface area contributed by atoms with E-state index < -0.39 is 5.82 Å². The summed E-state index contributed by atoms with van der Waals surface area (Å²) in [5.41, 5.74) is 0.121. The molecule has 0 atom stereocenters. The Morgan fingerprint density at radius 1 is 1.43 bits per heavy atom. The summed E-state index contributed by atoms with van der Waals surface area (Å²) in [6.07, 6.45) is 2.95. The van der Waals surface area contributed by atoms with Crippen LogP contribution in [-0.4, -0.2) is 43.6 Å². The van der Waals surface area contributed by atoms with Crippen molar-refractivity contribution < 1.29 is 13.9 Å². The lowest BCUT2D eigenvalue weighted by Crippen LogP contribution is -2.45. The summed E-state index contributed by atoms with van der Waals surface area (Å²) in [6.45, 7) is 4.49. The zero-order valence-corrected chi connectivity index (χ0v) is 12.7. The highest BCUT2D eigenvalue weighted by atomic mass is 19.1. The molecule has 1 aromatic carbocycles. The topological polar surface area (TPSA) is 41.6 Å². The Hall–Kier alpha value is -1.62. The average molecular weight is 294 g/mol. The van der Waals surface area contributed by atoms with Crippen molar-refractivity contribution in [2.24, 2.45) is 0 Å². The van der Waals surface area contributed by atoms with Crippen LogP contribution in [-0.2, 0) is 0 Å². The molecule has 0 aliphatic carbocycles. The monoisotopic (exact) mass is 294 g/mol. The normalized spacial score (nSPS) is 16.0. The van der Waals surface area contributed by atoms with E-state index in [-0.39, 0.29) is 11.5 Å². The number of amides is 1. The number of likely N-dealkylation sites (tertiary alicyclic amines) is 1. The number of nitrogens with one attached hydrogen (secondary N) is 1. The Morgan fingerprint density at radius 3 is 2.71 bits per heavy atom. The molecule has 0 aromatic heterocycles. The lowest BCUT2D eigenvalue weighted by Gasteiger charge is -2.32. The molecule has 2 rings (SSSR count). The van der Waals surface area contributed by atoms with Crippen molar-refractivity contribution in [1.82, 2.24) is 10.2 Å². The number of piperidine rings is 1. The van der Waals surface area contributed by atoms with Gasteiger partial charge in [0, 0.05) is 25.2 Å². The molecule has 0 spiro atoms. The minimum atomic E-state index is -0.523. The number of hydrogen-bond donors (Lipinski definition) is 1. The fourth-order valence-electron chi connectivity index (χ4n) is 2.60. The second-order valence-electron chi connectivity index (χ2n) is 5.37. The van der Waals surface area contributed by atoms with Gasteiger partial charge in [-0.1, -0.05) is 6.92 Å². The van der Waals surface area contributed by atoms with E-state index in [1.165, 1.54) is 19.2 Å². The van der Waals surface area contributed by atoms with Crippen molar-refractivity contribution >= 4 is 5.91 Å². The van der Waals surface area contributed by atoms with Crippen LogP contribution < -0.4 is 10.1 Å². The molecule has 0 bridgehead atoms. The molecule has 1 N–H and O–H groups in total. The third kappa shape index (κ3) is 3.94. The summed E-state index contributed by atoms with van der Waals surface area (Å²) < 4.78 is 18.9. The SMILES string of the molecule is CCCNC1CCN(C(=O)c2ccc(OC)cc2F)CC1. The lowest BCUT2D eigenvalue weighted by molar-refractivity contribution is 0.0700. The smallest absolute Gasteiger partial charge is 0.256 e. The van der Waals surface area contributed by atoms with E-state index in [1.807, 2.05) is 0 Å². The molecule has 21 heavy (non-hydrogen) atoms. The number of hydrogen-bond acceptors (Lipinski definition) is 3. The van der Waals surface area contributed by atoms with Gasteiger partial charge in [-0.25, -0.2) is 4.39 Å². The zero-order valence-electron chi connectivity index (χ0n) is 12.7. The maximum Gasteiger partial charge on any atom is 0.256 e. The van der Waals surface area contributed by atoms with E-state index >= 15 is 0 Å². The molecule has 1 aliphatic rings. The van der Waals surface area contributed by atoms with Gasteiger partial charge in [0.1, 0.15) is 11.6 Å². The lowest BCUT2D eigenvalue weighted by atomic mass is 10.0. The number of nitrogens with zero attached hydrogens (tertiary/aromatic N) is 1. The van der Waals surface area contributed by atoms with Crippen molar-refractivity contribution in [3.05, 3.63) is 29.6 Å². The van der Waals surface area contributed by atoms with E-state index in [0.29, 0.717) is 24.9 Å². The first-order valence-corrected chi connectivity index (χ1v) is 7.52. The molecule has 4 nitrogen and oxygen atoms in total. The van der Waals surface area contributed by atoms with Crippen molar-refractivity contribution in [3.63, 3.8) is 0 Å². The first kappa shape index (κ1) is 15.8. The molecule has 1 heterocycles. The second kappa shape index (κ2) is 7.41. The molecular weight excluding hydrogens is 271 g/mol. The number of halogens is 1. The maximum absolute atomic E-state index is 13.9. The highest BCUT2D eigenvalue weighted by molar-refractivity contribution is 5.94. The van der Waals surface area contributed by atoms with Gasteiger partial charge in [-0.15, -0.1) is 0 Å². The van der Waals surface area contributed by atoms with Crippen LogP contribution in [0.5, 0.6) is 5.75 Å². The Bertz CT molecular complexity index is 485. The molecule has 1 amide bonds. The Labute approximate surface area is 125 Å². The third-order valence-corrected chi connectivity index (χ3v) is 3.87. The van der Waals surface area contributed by atoms with Crippen LogP contribution in [0.3, 0.4) is 0 Å². The summed E-state index contributed by atoms with van der Waals surface area (Å²) in [5, 5.41) is 3.47. The second-order valence-corrected chi connectivity index (χ2v) is 5.37. The van der Waals surface area contributed by atoms with Gasteiger partial charge in [0.15, 0.2) is 0 Å². The standard InChI is InChI=1S/C16H23FN2O2/c1-3-8-18-12-6-9-19(10-7-12)16(20)14-5-4-13(21-2)11-15(14)17/h4-5,11-12,18H,3,6-10H2,1-2H3. The largest absolute Gasteiger partial charge is 0.497 e. The Morgan fingerprint density at radius 2 is 2.14 bits per heavy atom. The van der Waals surface area contributed by atoms with Crippen LogP contribution in [0.15, 0.2) is 18.2 Å². The summed E-state index contributed by atoms with van der Waals surface area (Å²) in [6, 6.07) is 4.83. The highest BCUT2D eigenvalue weighted by Gasteiger charge is 2.25. The molecule has 1 saturated heterocycles. The minimum absolute atomic E-state index is 0.121. The zero-order chi connectivity index (χ0) is 15.2. The minimum Gasteiger partial charge on any atom is -0.497 e. The molecular formula is C16H23FN2O2. The maximum atomic E-state index is 13.9. The van der Waals surface area contributed by atoms with Crippen LogP contribution in [0, 0.1) is 5.82 Å². The van der Waals surface area contributed by atoms with E-state index in [1.54, 1.807) is 11.0 Å². The summed E-state index contributed by atoms with van der Waals surface area (Å²) >= 11 is 0. The van der Waals surface area contributed by atoms with Crippen LogP contribution in [0.4, 0.5) is 4.39 Å². The summed E-state index contributed by atoms with van der Waals surface area (Å²) in [7, 11) is 1.48. The number of carbonyl (C=O) groups is 1. The highest BCUT2D eigenvalue weighted by Crippen LogP contribution is 2.20. The number of rotatable bonds is 5. The van der Waals surface area contributed by atoms with Gasteiger partial charge in [-0.3, -0.25) is 4.79 Å². The van der Waals surface area contributed by atoms with Crippen LogP contribution >= 0.6 is 0 Å². The van der Waals surface area contributed by atoms with E-state index in [9.17, 15) is 9.18 Å². The van der Waals surface area contributed by atoms with Gasteiger partial charge in [0.2, 0.25) is 0 Å². The van der Waals surface area contributed by atoms with Crippen molar-refractivity contribution in [1.29, 1.82) is 0 Å². The number of carbonyl (C=O) groups excluding carboxylic acids is 1. The predicted molar refractivity (Wildman–Crippen MR) is 80.2 cm³/mol. The first-order chi connectivity index (χ1) is 10.2. The van der Waals surface area contributed by atoms with Crippen LogP contribution in [0.2, 0.25) is 0 Å². The summed E-state index contributed by atoms with van der Waals surface area (Å²) in [4.78, 5) is 14.1. The van der Waals surface area contributed by atoms with Crippen molar-refractivity contribution in [2.75, 3.05) is 26.7 Å². The third-order valence-electron chi connectivity index (χ3n) is 3.87. The summed E-state index contributed by atoms with van der Waals surface area (Å²) in [5.74, 6) is -0.332. The van der Waals surface area contributed by atoms with Gasteiger partial charge in [-0.2, -0.15) is 0 Å². The average Bonchev–Trinajstić information content (AvgIpc) is 2.52. The molecule has 1 aromatic rings. The Balaban J connectivity index is 1.95. The number of ether oxygens (including phenoxy) is 1. The van der Waals surface area contributed by atoms with Crippen molar-refractivity contribution in [2.45, 2.75) is 32.2 Å². The van der Waals surface area contributed by atoms with Gasteiger partial charge < -0.3 is 15.0 Å². The Kier molecular flexibility index (Phi) is 5.56. The van der Waals surface area contributed by atoms with E-state index in [2.05, 4.69) is 12.2 Å². The molecule has 0 unspecified atom stereocenters. The first-order valence-electron chi connectivity index (χ1n) is 7.52. The molecule has 0 saturated carbocycles. The molecule has 1 aliphatic heterocycles. The van der Waals surface area contributed by atoms with Gasteiger partial charge >= 0.3 is 0 Å². The van der Waals surface area contributed by atoms with Gasteiger partial charge in [0.05, 0.1) is 12.7 Å². The van der Waals surface area contributed by atoms with Crippen LogP contribution in [0.1, 0.15) is 36.5 Å². The van der Waals surface area contributed by atoms with Crippen LogP contribution in [0.25, 0.3) is 0 Å². The van der Waals surface area contributed by atoms with E-state index in [0.717, 1.165) is 25.8 Å². The van der Waals surface area contributed by atoms with Gasteiger partial charge in [0.25, 0.3) is 5.91 Å². The van der Waals surface area contributed by atoms with Crippen molar-refractivity contribution in [3.8, 4) is 5.75 Å². The predicted octanol–water partition coefficient (Wildman–Crippen LogP) is 2.44. The molecule has 1 fully saturated rings. The molecule has 0 radical (unpaired) electrons. The fourth-order valence-corrected chi connectivity index (χ4v) is 2.60. The molecule has 116 valence electrons.